The topological polar surface area (TPSA) is 18.5 Å². The maximum atomic E-state index is 5.50. The van der Waals surface area contributed by atoms with Crippen LogP contribution in [0.5, 0.6) is 0 Å². The van der Waals surface area contributed by atoms with Crippen LogP contribution in [0.4, 0.5) is 0 Å². The lowest BCUT2D eigenvalue weighted by molar-refractivity contribution is -0.0646. The lowest BCUT2D eigenvalue weighted by Crippen LogP contribution is -2.41. The Morgan fingerprint density at radius 3 is 2.54 bits per heavy atom. The molecule has 0 aromatic carbocycles. The molecule has 0 saturated heterocycles. The first kappa shape index (κ1) is 10.6. The molecule has 13 heavy (non-hydrogen) atoms. The second kappa shape index (κ2) is 4.13. The molecule has 0 heterocycles. The van der Waals surface area contributed by atoms with Crippen LogP contribution in [0.2, 0.25) is 0 Å². The van der Waals surface area contributed by atoms with Crippen molar-refractivity contribution in [3.63, 3.8) is 0 Å². The third-order valence-electron chi connectivity index (χ3n) is 2.89. The fraction of sp³-hybridized carbons (Fsp3) is 0.818. The Kier molecular flexibility index (Phi) is 3.35. The van der Waals surface area contributed by atoms with Crippen molar-refractivity contribution in [3.8, 4) is 12.3 Å². The summed E-state index contributed by atoms with van der Waals surface area (Å²) in [6, 6.07) is 0. The van der Waals surface area contributed by atoms with Crippen molar-refractivity contribution in [1.29, 1.82) is 0 Å². The van der Waals surface area contributed by atoms with Gasteiger partial charge < -0.3 is 9.47 Å². The Bertz CT molecular complexity index is 207. The van der Waals surface area contributed by atoms with E-state index in [0.29, 0.717) is 5.92 Å². The average molecular weight is 182 g/mol. The van der Waals surface area contributed by atoms with Gasteiger partial charge in [-0.2, -0.15) is 0 Å². The second-order valence-corrected chi connectivity index (χ2v) is 3.95. The van der Waals surface area contributed by atoms with Crippen LogP contribution in [-0.2, 0) is 9.47 Å². The maximum absolute atomic E-state index is 5.50. The fourth-order valence-corrected chi connectivity index (χ4v) is 2.15. The number of hydrogen-bond acceptors (Lipinski definition) is 2. The number of ether oxygens (including phenoxy) is 2. The first-order valence-corrected chi connectivity index (χ1v) is 4.71. The minimum absolute atomic E-state index is 0.250. The summed E-state index contributed by atoms with van der Waals surface area (Å²) in [5, 5.41) is 0. The molecule has 1 aliphatic rings. The van der Waals surface area contributed by atoms with E-state index in [-0.39, 0.29) is 6.10 Å². The van der Waals surface area contributed by atoms with E-state index in [2.05, 4.69) is 12.8 Å². The predicted molar refractivity (Wildman–Crippen MR) is 52.4 cm³/mol. The molecule has 0 spiro atoms. The molecule has 0 N–H and O–H groups in total. The molecule has 74 valence electrons. The smallest absolute Gasteiger partial charge is 0.130 e. The Morgan fingerprint density at radius 1 is 1.38 bits per heavy atom. The molecular weight excluding hydrogens is 164 g/mol. The van der Waals surface area contributed by atoms with Crippen LogP contribution >= 0.6 is 0 Å². The predicted octanol–water partition coefficient (Wildman–Crippen LogP) is 1.84. The molecule has 2 nitrogen and oxygen atoms in total. The van der Waals surface area contributed by atoms with Gasteiger partial charge >= 0.3 is 0 Å². The standard InChI is InChI=1S/C11H18O2/c1-5-11(13-4)7-9(2)6-10(8-11)12-3/h1,9-10H,6-8H2,2-4H3/t9-,10-,11?/m0/s1. The molecule has 0 aromatic heterocycles. The van der Waals surface area contributed by atoms with E-state index in [9.17, 15) is 0 Å². The Labute approximate surface area is 80.6 Å². The van der Waals surface area contributed by atoms with Gasteiger partial charge in [0.1, 0.15) is 5.60 Å². The summed E-state index contributed by atoms with van der Waals surface area (Å²) < 4.78 is 10.8. The van der Waals surface area contributed by atoms with E-state index >= 15 is 0 Å². The molecule has 1 aliphatic carbocycles. The van der Waals surface area contributed by atoms with Gasteiger partial charge in [-0.05, 0) is 18.8 Å². The van der Waals surface area contributed by atoms with Crippen LogP contribution in [-0.4, -0.2) is 25.9 Å². The second-order valence-electron chi connectivity index (χ2n) is 3.95. The van der Waals surface area contributed by atoms with Gasteiger partial charge in [0.05, 0.1) is 6.10 Å². The maximum Gasteiger partial charge on any atom is 0.130 e. The molecule has 0 radical (unpaired) electrons. The molecule has 1 saturated carbocycles. The molecule has 1 rings (SSSR count). The minimum Gasteiger partial charge on any atom is -0.381 e. The summed E-state index contributed by atoms with van der Waals surface area (Å²) in [4.78, 5) is 0. The third kappa shape index (κ3) is 2.24. The Balaban J connectivity index is 2.71. The number of rotatable bonds is 2. The highest BCUT2D eigenvalue weighted by Crippen LogP contribution is 2.35. The van der Waals surface area contributed by atoms with Crippen molar-refractivity contribution in [3.05, 3.63) is 0 Å². The molecule has 2 heteroatoms. The van der Waals surface area contributed by atoms with Crippen LogP contribution < -0.4 is 0 Å². The van der Waals surface area contributed by atoms with Crippen molar-refractivity contribution in [2.45, 2.75) is 37.9 Å². The molecule has 1 fully saturated rings. The SMILES string of the molecule is C#CC1(OC)C[C@@H](C)C[C@H](OC)C1. The largest absolute Gasteiger partial charge is 0.381 e. The van der Waals surface area contributed by atoms with Crippen LogP contribution in [0.15, 0.2) is 0 Å². The van der Waals surface area contributed by atoms with Crippen LogP contribution in [0.1, 0.15) is 26.2 Å². The number of methoxy groups -OCH3 is 2. The van der Waals surface area contributed by atoms with E-state index in [1.165, 1.54) is 0 Å². The van der Waals surface area contributed by atoms with Crippen molar-refractivity contribution >= 4 is 0 Å². The highest BCUT2D eigenvalue weighted by Gasteiger charge is 2.38. The summed E-state index contributed by atoms with van der Waals surface area (Å²) in [5.74, 6) is 3.34. The van der Waals surface area contributed by atoms with Crippen LogP contribution in [0.3, 0.4) is 0 Å². The molecule has 0 bridgehead atoms. The van der Waals surface area contributed by atoms with Gasteiger partial charge in [0.15, 0.2) is 0 Å². The van der Waals surface area contributed by atoms with Crippen LogP contribution in [0.25, 0.3) is 0 Å². The molecule has 0 amide bonds. The van der Waals surface area contributed by atoms with E-state index in [1.807, 2.05) is 0 Å². The van der Waals surface area contributed by atoms with E-state index in [4.69, 9.17) is 15.9 Å². The molecule has 0 aliphatic heterocycles. The summed E-state index contributed by atoms with van der Waals surface area (Å²) in [7, 11) is 3.42. The van der Waals surface area contributed by atoms with Gasteiger partial charge in [-0.3, -0.25) is 0 Å². The van der Waals surface area contributed by atoms with E-state index < -0.39 is 5.60 Å². The van der Waals surface area contributed by atoms with Crippen molar-refractivity contribution in [2.24, 2.45) is 5.92 Å². The first-order valence-electron chi connectivity index (χ1n) is 4.71. The van der Waals surface area contributed by atoms with Crippen LogP contribution in [0, 0.1) is 18.3 Å². The quantitative estimate of drug-likeness (QED) is 0.607. The van der Waals surface area contributed by atoms with Gasteiger partial charge in [0, 0.05) is 20.6 Å². The molecular formula is C11H18O2. The van der Waals surface area contributed by atoms with E-state index in [0.717, 1.165) is 19.3 Å². The van der Waals surface area contributed by atoms with Crippen molar-refractivity contribution in [2.75, 3.05) is 14.2 Å². The Hall–Kier alpha value is -0.520. The molecule has 0 aromatic rings. The first-order chi connectivity index (χ1) is 6.15. The van der Waals surface area contributed by atoms with Gasteiger partial charge in [-0.25, -0.2) is 0 Å². The molecule has 1 unspecified atom stereocenters. The van der Waals surface area contributed by atoms with Gasteiger partial charge in [-0.15, -0.1) is 6.42 Å². The summed E-state index contributed by atoms with van der Waals surface area (Å²) >= 11 is 0. The fourth-order valence-electron chi connectivity index (χ4n) is 2.15. The highest BCUT2D eigenvalue weighted by atomic mass is 16.5. The van der Waals surface area contributed by atoms with E-state index in [1.54, 1.807) is 14.2 Å². The Morgan fingerprint density at radius 2 is 2.08 bits per heavy atom. The summed E-state index contributed by atoms with van der Waals surface area (Å²) in [6.45, 7) is 2.19. The zero-order valence-electron chi connectivity index (χ0n) is 8.67. The van der Waals surface area contributed by atoms with Crippen molar-refractivity contribution in [1.82, 2.24) is 0 Å². The third-order valence-corrected chi connectivity index (χ3v) is 2.89. The lowest BCUT2D eigenvalue weighted by atomic mass is 9.77. The normalized spacial score (nSPS) is 39.8. The highest BCUT2D eigenvalue weighted by molar-refractivity contribution is 5.12. The summed E-state index contributed by atoms with van der Waals surface area (Å²) in [5.41, 5.74) is -0.391. The van der Waals surface area contributed by atoms with Crippen molar-refractivity contribution < 1.29 is 9.47 Å². The number of hydrogen-bond donors (Lipinski definition) is 0. The zero-order chi connectivity index (χ0) is 9.90. The van der Waals surface area contributed by atoms with Gasteiger partial charge in [0.2, 0.25) is 0 Å². The summed E-state index contributed by atoms with van der Waals surface area (Å²) in [6.07, 6.45) is 8.60. The number of terminal acetylenes is 1. The average Bonchev–Trinajstić information content (AvgIpc) is 2.16. The molecule has 3 atom stereocenters. The zero-order valence-corrected chi connectivity index (χ0v) is 8.67. The van der Waals surface area contributed by atoms with Gasteiger partial charge in [0.25, 0.3) is 0 Å². The van der Waals surface area contributed by atoms with Gasteiger partial charge in [-0.1, -0.05) is 12.8 Å². The monoisotopic (exact) mass is 182 g/mol. The minimum atomic E-state index is -0.391. The lowest BCUT2D eigenvalue weighted by Gasteiger charge is -2.38.